The molecule has 2 amide bonds. The standard InChI is InChI=1S/C40H54N6O3/c1-8-9-23-46-38-33(19-14-21-41-38)35(29-15-12-16-30(26-29)49-25-24-45-22-11-10-20-34(45)44(6)7)37(39(46)47)43-40(48)42-36-31(27(2)3)17-13-18-32(36)28(4)5/h12-19,21,26-28,34H,8-11,20,22-25H2,1-7H3,(H2,42,43,48). The number of carbonyl (C=O) groups excluding carboxylic acids is 1. The number of likely N-dealkylation sites (tertiary alicyclic amines) is 1. The molecule has 2 aromatic heterocycles. The first-order chi connectivity index (χ1) is 23.6. The summed E-state index contributed by atoms with van der Waals surface area (Å²) >= 11 is 0. The molecule has 1 fully saturated rings. The lowest BCUT2D eigenvalue weighted by Crippen LogP contribution is -2.49. The van der Waals surface area contributed by atoms with Gasteiger partial charge in [0.25, 0.3) is 5.56 Å². The lowest BCUT2D eigenvalue weighted by molar-refractivity contribution is 0.0354. The molecule has 4 aromatic rings. The van der Waals surface area contributed by atoms with Crippen molar-refractivity contribution in [2.45, 2.75) is 91.3 Å². The summed E-state index contributed by atoms with van der Waals surface area (Å²) in [6.45, 7) is 13.5. The fourth-order valence-corrected chi connectivity index (χ4v) is 7.01. The zero-order valence-electron chi connectivity index (χ0n) is 30.4. The van der Waals surface area contributed by atoms with Crippen LogP contribution >= 0.6 is 0 Å². The molecule has 2 aromatic carbocycles. The lowest BCUT2D eigenvalue weighted by Gasteiger charge is -2.39. The van der Waals surface area contributed by atoms with Gasteiger partial charge in [0.1, 0.15) is 23.7 Å². The third-order valence-electron chi connectivity index (χ3n) is 9.55. The van der Waals surface area contributed by atoms with Crippen molar-refractivity contribution in [3.05, 3.63) is 82.3 Å². The number of aromatic nitrogens is 2. The van der Waals surface area contributed by atoms with E-state index in [2.05, 4.69) is 86.3 Å². The topological polar surface area (TPSA) is 91.7 Å². The number of piperidine rings is 1. The summed E-state index contributed by atoms with van der Waals surface area (Å²) in [5.41, 5.74) is 4.85. The van der Waals surface area contributed by atoms with E-state index in [9.17, 15) is 9.59 Å². The number of rotatable bonds is 13. The normalized spacial score (nSPS) is 15.3. The number of anilines is 2. The van der Waals surface area contributed by atoms with Gasteiger partial charge < -0.3 is 15.4 Å². The third kappa shape index (κ3) is 8.33. The van der Waals surface area contributed by atoms with Crippen LogP contribution in [0.5, 0.6) is 5.75 Å². The fourth-order valence-electron chi connectivity index (χ4n) is 7.01. The molecular formula is C40H54N6O3. The number of hydrogen-bond donors (Lipinski definition) is 2. The average Bonchev–Trinajstić information content (AvgIpc) is 3.08. The first kappa shape index (κ1) is 36.1. The number of aryl methyl sites for hydroxylation is 1. The summed E-state index contributed by atoms with van der Waals surface area (Å²) in [5.74, 6) is 1.12. The van der Waals surface area contributed by atoms with Crippen LogP contribution in [-0.4, -0.2) is 65.3 Å². The van der Waals surface area contributed by atoms with Gasteiger partial charge >= 0.3 is 6.03 Å². The number of ether oxygens (including phenoxy) is 1. The number of fused-ring (bicyclic) bond motifs is 1. The summed E-state index contributed by atoms with van der Waals surface area (Å²) in [7, 11) is 4.28. The zero-order chi connectivity index (χ0) is 35.1. The Bertz CT molecular complexity index is 1770. The molecule has 1 unspecified atom stereocenters. The monoisotopic (exact) mass is 666 g/mol. The zero-order valence-corrected chi connectivity index (χ0v) is 30.4. The van der Waals surface area contributed by atoms with Crippen molar-refractivity contribution in [2.75, 3.05) is 44.4 Å². The molecule has 5 rings (SSSR count). The summed E-state index contributed by atoms with van der Waals surface area (Å²) < 4.78 is 8.02. The molecule has 1 saturated heterocycles. The van der Waals surface area contributed by atoms with Crippen LogP contribution in [-0.2, 0) is 6.54 Å². The predicted octanol–water partition coefficient (Wildman–Crippen LogP) is 8.51. The molecular weight excluding hydrogens is 612 g/mol. The molecule has 1 atom stereocenters. The maximum absolute atomic E-state index is 14.4. The average molecular weight is 667 g/mol. The second-order valence-corrected chi connectivity index (χ2v) is 14.0. The van der Waals surface area contributed by atoms with Crippen molar-refractivity contribution in [1.82, 2.24) is 19.4 Å². The molecule has 0 radical (unpaired) electrons. The Kier molecular flexibility index (Phi) is 12.1. The SMILES string of the molecule is CCCCn1c(=O)c(NC(=O)Nc2c(C(C)C)cccc2C(C)C)c(-c2cccc(OCCN3CCCCC3N(C)C)c2)c2cccnc21. The summed E-state index contributed by atoms with van der Waals surface area (Å²) in [6, 6.07) is 17.3. The number of nitrogens with zero attached hydrogens (tertiary/aromatic N) is 4. The van der Waals surface area contributed by atoms with Gasteiger partial charge in [-0.05, 0) is 99.1 Å². The first-order valence-electron chi connectivity index (χ1n) is 18.0. The fraction of sp³-hybridized carbons (Fsp3) is 0.475. The highest BCUT2D eigenvalue weighted by Crippen LogP contribution is 2.36. The molecule has 2 N–H and O–H groups in total. The van der Waals surface area contributed by atoms with Crippen molar-refractivity contribution in [3.8, 4) is 16.9 Å². The van der Waals surface area contributed by atoms with Gasteiger partial charge in [0.05, 0.1) is 6.17 Å². The van der Waals surface area contributed by atoms with E-state index >= 15 is 0 Å². The van der Waals surface area contributed by atoms with Crippen molar-refractivity contribution in [3.63, 3.8) is 0 Å². The molecule has 0 saturated carbocycles. The van der Waals surface area contributed by atoms with Gasteiger partial charge in [-0.2, -0.15) is 0 Å². The van der Waals surface area contributed by atoms with Crippen LogP contribution in [0, 0.1) is 0 Å². The molecule has 49 heavy (non-hydrogen) atoms. The number of hydrogen-bond acceptors (Lipinski definition) is 6. The minimum atomic E-state index is -0.456. The van der Waals surface area contributed by atoms with Gasteiger partial charge in [-0.1, -0.05) is 71.4 Å². The Morgan fingerprint density at radius 2 is 1.67 bits per heavy atom. The smallest absolute Gasteiger partial charge is 0.323 e. The lowest BCUT2D eigenvalue weighted by atomic mass is 9.93. The summed E-state index contributed by atoms with van der Waals surface area (Å²) in [6.07, 6.45) is 7.48. The number of unbranched alkanes of at least 4 members (excludes halogenated alkanes) is 1. The number of amides is 2. The molecule has 9 heteroatoms. The molecule has 1 aliphatic heterocycles. The van der Waals surface area contributed by atoms with E-state index in [4.69, 9.17) is 4.74 Å². The highest BCUT2D eigenvalue weighted by molar-refractivity contribution is 6.07. The van der Waals surface area contributed by atoms with E-state index in [-0.39, 0.29) is 23.1 Å². The number of para-hydroxylation sites is 1. The number of nitrogens with one attached hydrogen (secondary N) is 2. The van der Waals surface area contributed by atoms with Gasteiger partial charge in [0.2, 0.25) is 0 Å². The van der Waals surface area contributed by atoms with E-state index in [1.807, 2.05) is 42.5 Å². The predicted molar refractivity (Wildman–Crippen MR) is 202 cm³/mol. The van der Waals surface area contributed by atoms with Crippen LogP contribution in [0.4, 0.5) is 16.2 Å². The van der Waals surface area contributed by atoms with E-state index in [0.29, 0.717) is 36.3 Å². The molecule has 9 nitrogen and oxygen atoms in total. The third-order valence-corrected chi connectivity index (χ3v) is 9.55. The molecule has 3 heterocycles. The maximum Gasteiger partial charge on any atom is 0.323 e. The van der Waals surface area contributed by atoms with Gasteiger partial charge in [0, 0.05) is 35.9 Å². The Balaban J connectivity index is 1.53. The van der Waals surface area contributed by atoms with E-state index in [0.717, 1.165) is 53.7 Å². The summed E-state index contributed by atoms with van der Waals surface area (Å²) in [5, 5.41) is 6.96. The summed E-state index contributed by atoms with van der Waals surface area (Å²) in [4.78, 5) is 37.8. The van der Waals surface area contributed by atoms with Crippen LogP contribution in [0.25, 0.3) is 22.2 Å². The maximum atomic E-state index is 14.4. The number of urea groups is 1. The van der Waals surface area contributed by atoms with Crippen LogP contribution in [0.2, 0.25) is 0 Å². The molecule has 0 spiro atoms. The van der Waals surface area contributed by atoms with E-state index in [1.54, 1.807) is 10.8 Å². The van der Waals surface area contributed by atoms with Gasteiger partial charge in [-0.3, -0.25) is 19.2 Å². The highest BCUT2D eigenvalue weighted by atomic mass is 16.5. The van der Waals surface area contributed by atoms with E-state index < -0.39 is 6.03 Å². The van der Waals surface area contributed by atoms with Crippen molar-refractivity contribution < 1.29 is 9.53 Å². The molecule has 262 valence electrons. The minimum Gasteiger partial charge on any atom is -0.492 e. The van der Waals surface area contributed by atoms with Gasteiger partial charge in [-0.25, -0.2) is 9.78 Å². The van der Waals surface area contributed by atoms with E-state index in [1.165, 1.54) is 19.3 Å². The Morgan fingerprint density at radius 3 is 2.37 bits per heavy atom. The number of carbonyl (C=O) groups is 1. The molecule has 0 bridgehead atoms. The first-order valence-corrected chi connectivity index (χ1v) is 18.0. The van der Waals surface area contributed by atoms with Crippen LogP contribution in [0.1, 0.15) is 89.7 Å². The largest absolute Gasteiger partial charge is 0.492 e. The van der Waals surface area contributed by atoms with Crippen molar-refractivity contribution >= 4 is 28.4 Å². The number of pyridine rings is 2. The van der Waals surface area contributed by atoms with Gasteiger partial charge in [0.15, 0.2) is 0 Å². The number of benzene rings is 2. The van der Waals surface area contributed by atoms with Crippen LogP contribution in [0.3, 0.4) is 0 Å². The van der Waals surface area contributed by atoms with Crippen LogP contribution in [0.15, 0.2) is 65.6 Å². The quantitative estimate of drug-likeness (QED) is 0.149. The molecule has 0 aliphatic carbocycles. The van der Waals surface area contributed by atoms with Gasteiger partial charge in [-0.15, -0.1) is 0 Å². The minimum absolute atomic E-state index is 0.203. The second kappa shape index (κ2) is 16.5. The molecule has 1 aliphatic rings. The Hall–Kier alpha value is -4.21. The van der Waals surface area contributed by atoms with Crippen molar-refractivity contribution in [2.24, 2.45) is 0 Å². The second-order valence-electron chi connectivity index (χ2n) is 14.0. The highest BCUT2D eigenvalue weighted by Gasteiger charge is 2.25. The Morgan fingerprint density at radius 1 is 0.959 bits per heavy atom. The van der Waals surface area contributed by atoms with Crippen molar-refractivity contribution in [1.29, 1.82) is 0 Å². The Labute approximate surface area is 291 Å². The van der Waals surface area contributed by atoms with Crippen LogP contribution < -0.4 is 20.9 Å².